The van der Waals surface area contributed by atoms with Crippen molar-refractivity contribution in [1.29, 1.82) is 5.41 Å². The third kappa shape index (κ3) is 6.84. The number of ketones is 1. The lowest BCUT2D eigenvalue weighted by Gasteiger charge is -2.28. The zero-order valence-electron chi connectivity index (χ0n) is 26.1. The highest BCUT2D eigenvalue weighted by Crippen LogP contribution is 2.38. The Labute approximate surface area is 269 Å². The number of aryl methyl sites for hydroxylation is 3. The van der Waals surface area contributed by atoms with Gasteiger partial charge in [0.05, 0.1) is 17.2 Å². The third-order valence-corrected chi connectivity index (χ3v) is 7.70. The van der Waals surface area contributed by atoms with Crippen LogP contribution in [0.5, 0.6) is 5.88 Å². The number of aromatic nitrogens is 4. The normalized spacial score (nSPS) is 15.8. The number of Topliss-reactive ketones (excluding diaryl/α,β-unsaturated/α-hetero) is 1. The minimum absolute atomic E-state index is 0.0315. The Morgan fingerprint density at radius 2 is 1.57 bits per heavy atom. The number of amidine groups is 1. The molecule has 5 rings (SSSR count). The van der Waals surface area contributed by atoms with Gasteiger partial charge in [0, 0.05) is 58.1 Å². The van der Waals surface area contributed by atoms with Crippen LogP contribution in [0.2, 0.25) is 0 Å². The molecule has 6 N–H and O–H groups in total. The minimum atomic E-state index is -1.18. The van der Waals surface area contributed by atoms with Crippen molar-refractivity contribution in [2.24, 2.45) is 26.9 Å². The molecule has 0 spiro atoms. The van der Waals surface area contributed by atoms with E-state index < -0.39 is 17.4 Å². The smallest absolute Gasteiger partial charge is 0.274 e. The van der Waals surface area contributed by atoms with Crippen LogP contribution in [-0.4, -0.2) is 68.0 Å². The van der Waals surface area contributed by atoms with Crippen molar-refractivity contribution >= 4 is 40.7 Å². The lowest BCUT2D eigenvalue weighted by molar-refractivity contribution is -0.116. The molecule has 0 bridgehead atoms. The number of nitrogens with zero attached hydrogens (tertiary/aromatic N) is 4. The minimum Gasteiger partial charge on any atom is -0.473 e. The molecule has 1 saturated heterocycles. The highest BCUT2D eigenvalue weighted by molar-refractivity contribution is 6.07. The van der Waals surface area contributed by atoms with Gasteiger partial charge in [-0.3, -0.25) is 29.3 Å². The lowest BCUT2D eigenvalue weighted by Crippen LogP contribution is -2.34. The molecule has 15 heteroatoms. The molecule has 0 aliphatic carbocycles. The van der Waals surface area contributed by atoms with Gasteiger partial charge < -0.3 is 40.3 Å². The topological polar surface area (TPSA) is 200 Å². The fraction of sp³-hybridized carbons (Fsp3) is 0.250. The molecular formula is C32H35N9O6. The van der Waals surface area contributed by atoms with E-state index in [0.717, 1.165) is 0 Å². The summed E-state index contributed by atoms with van der Waals surface area (Å²) in [4.78, 5) is 51.1. The lowest BCUT2D eigenvalue weighted by atomic mass is 9.87. The summed E-state index contributed by atoms with van der Waals surface area (Å²) >= 11 is 0. The molecule has 1 atom stereocenters. The van der Waals surface area contributed by atoms with Crippen LogP contribution >= 0.6 is 0 Å². The Morgan fingerprint density at radius 3 is 2.15 bits per heavy atom. The highest BCUT2D eigenvalue weighted by Gasteiger charge is 2.46. The number of hydrogen-bond acceptors (Lipinski definition) is 8. The second kappa shape index (κ2) is 13.2. The largest absolute Gasteiger partial charge is 0.473 e. The summed E-state index contributed by atoms with van der Waals surface area (Å²) in [5.74, 6) is -1.43. The number of nitrogens with two attached hydrogens (primary N) is 1. The van der Waals surface area contributed by atoms with Gasteiger partial charge in [0.15, 0.2) is 11.4 Å². The van der Waals surface area contributed by atoms with Crippen LogP contribution in [0.25, 0.3) is 0 Å². The number of nitrogens with one attached hydrogen (secondary N) is 4. The van der Waals surface area contributed by atoms with Gasteiger partial charge in [-0.05, 0) is 17.7 Å². The van der Waals surface area contributed by atoms with Gasteiger partial charge in [0.25, 0.3) is 17.7 Å². The summed E-state index contributed by atoms with van der Waals surface area (Å²) < 4.78 is 16.3. The standard InChI is InChI=1S/C32H35N9O6/c1-19-26(42)17-47-32(19,20-8-6-5-7-9-20)18-46-28-14-25(41(4)38-28)31(45)37-22-13-24(40(3)16-22)30(44)36-21-12-23(39(2)15-21)29(43)35-11-10-27(33)34/h5-9,12-16H,1,10-11,17-18H2,2-4H3,(H3,33,34)(H,35,43)(H,36,44)(H,37,45). The van der Waals surface area contributed by atoms with Crippen LogP contribution < -0.4 is 26.4 Å². The third-order valence-electron chi connectivity index (χ3n) is 7.70. The maximum absolute atomic E-state index is 13.2. The van der Waals surface area contributed by atoms with Crippen molar-refractivity contribution in [3.8, 4) is 5.88 Å². The molecule has 244 valence electrons. The van der Waals surface area contributed by atoms with E-state index in [0.29, 0.717) is 22.6 Å². The van der Waals surface area contributed by atoms with Crippen molar-refractivity contribution in [2.45, 2.75) is 12.0 Å². The molecular weight excluding hydrogens is 606 g/mol. The van der Waals surface area contributed by atoms with Gasteiger partial charge in [-0.15, -0.1) is 5.10 Å². The van der Waals surface area contributed by atoms with Gasteiger partial charge >= 0.3 is 0 Å². The quantitative estimate of drug-likeness (QED) is 0.0879. The van der Waals surface area contributed by atoms with Crippen LogP contribution in [0.3, 0.4) is 0 Å². The molecule has 1 aliphatic rings. The zero-order valence-corrected chi connectivity index (χ0v) is 26.1. The zero-order chi connectivity index (χ0) is 33.9. The Morgan fingerprint density at radius 1 is 0.979 bits per heavy atom. The number of amides is 3. The maximum Gasteiger partial charge on any atom is 0.274 e. The van der Waals surface area contributed by atoms with Crippen molar-refractivity contribution in [3.63, 3.8) is 0 Å². The highest BCUT2D eigenvalue weighted by atomic mass is 16.6. The predicted octanol–water partition coefficient (Wildman–Crippen LogP) is 2.09. The first-order valence-corrected chi connectivity index (χ1v) is 14.5. The number of benzene rings is 1. The molecule has 4 aromatic rings. The van der Waals surface area contributed by atoms with E-state index in [9.17, 15) is 19.2 Å². The van der Waals surface area contributed by atoms with Gasteiger partial charge in [-0.1, -0.05) is 36.9 Å². The van der Waals surface area contributed by atoms with Crippen LogP contribution in [0.4, 0.5) is 11.4 Å². The van der Waals surface area contributed by atoms with Crippen molar-refractivity contribution in [3.05, 3.63) is 95.7 Å². The van der Waals surface area contributed by atoms with Crippen LogP contribution in [-0.2, 0) is 36.3 Å². The molecule has 1 fully saturated rings. The van der Waals surface area contributed by atoms with E-state index in [1.54, 1.807) is 42.7 Å². The number of hydrogen-bond donors (Lipinski definition) is 5. The van der Waals surface area contributed by atoms with Crippen molar-refractivity contribution < 1.29 is 28.7 Å². The van der Waals surface area contributed by atoms with Crippen LogP contribution in [0.15, 0.2) is 73.1 Å². The summed E-state index contributed by atoms with van der Waals surface area (Å²) in [6.45, 7) is 3.97. The number of rotatable bonds is 12. The average Bonchev–Trinajstić information content (AvgIpc) is 3.78. The second-order valence-corrected chi connectivity index (χ2v) is 11.1. The summed E-state index contributed by atoms with van der Waals surface area (Å²) in [5.41, 5.74) is 6.66. The Hall–Kier alpha value is -5.96. The van der Waals surface area contributed by atoms with Crippen LogP contribution in [0, 0.1) is 5.41 Å². The maximum atomic E-state index is 13.2. The number of ether oxygens (including phenoxy) is 2. The van der Waals surface area contributed by atoms with Gasteiger partial charge in [0.1, 0.15) is 30.3 Å². The summed E-state index contributed by atoms with van der Waals surface area (Å²) in [6.07, 6.45) is 3.41. The molecule has 1 unspecified atom stereocenters. The molecule has 3 amide bonds. The van der Waals surface area contributed by atoms with Crippen molar-refractivity contribution in [2.75, 3.05) is 30.4 Å². The van der Waals surface area contributed by atoms with E-state index in [4.69, 9.17) is 20.6 Å². The molecule has 0 radical (unpaired) electrons. The fourth-order valence-electron chi connectivity index (χ4n) is 5.17. The first-order valence-electron chi connectivity index (χ1n) is 14.5. The summed E-state index contributed by atoms with van der Waals surface area (Å²) in [6, 6.07) is 13.7. The summed E-state index contributed by atoms with van der Waals surface area (Å²) in [7, 11) is 4.92. The molecule has 4 heterocycles. The number of carbonyl (C=O) groups excluding carboxylic acids is 4. The first-order chi connectivity index (χ1) is 22.4. The monoisotopic (exact) mass is 641 g/mol. The number of carbonyl (C=O) groups is 4. The predicted molar refractivity (Wildman–Crippen MR) is 173 cm³/mol. The molecule has 15 nitrogen and oxygen atoms in total. The molecule has 47 heavy (non-hydrogen) atoms. The number of anilines is 2. The van der Waals surface area contributed by atoms with Crippen LogP contribution in [0.1, 0.15) is 43.4 Å². The SMILES string of the molecule is C=C1C(=O)COC1(COc1cc(C(=O)Nc2cc(C(=O)Nc3cc(C(=O)NCCC(=N)N)n(C)c3)n(C)c2)n(C)n1)c1ccccc1. The molecule has 1 aromatic carbocycles. The van der Waals surface area contributed by atoms with Crippen molar-refractivity contribution in [1.82, 2.24) is 24.2 Å². The second-order valence-electron chi connectivity index (χ2n) is 11.1. The Kier molecular flexibility index (Phi) is 9.10. The fourth-order valence-corrected chi connectivity index (χ4v) is 5.17. The summed E-state index contributed by atoms with van der Waals surface area (Å²) in [5, 5.41) is 19.8. The van der Waals surface area contributed by atoms with Gasteiger partial charge in [0.2, 0.25) is 5.88 Å². The molecule has 3 aromatic heterocycles. The Balaban J connectivity index is 1.23. The molecule has 0 saturated carbocycles. The van der Waals surface area contributed by atoms with Gasteiger partial charge in [-0.2, -0.15) is 0 Å². The van der Waals surface area contributed by atoms with E-state index >= 15 is 0 Å². The molecule has 1 aliphatic heterocycles. The van der Waals surface area contributed by atoms with Gasteiger partial charge in [-0.25, -0.2) is 0 Å². The van der Waals surface area contributed by atoms with E-state index in [2.05, 4.69) is 27.6 Å². The Bertz CT molecular complexity index is 1890. The van der Waals surface area contributed by atoms with E-state index in [1.807, 2.05) is 30.3 Å². The van der Waals surface area contributed by atoms with E-state index in [1.165, 1.54) is 22.9 Å². The van der Waals surface area contributed by atoms with E-state index in [-0.39, 0.29) is 66.5 Å². The average molecular weight is 642 g/mol. The first kappa shape index (κ1) is 32.4.